The topological polar surface area (TPSA) is 51.2 Å². The van der Waals surface area contributed by atoms with Crippen LogP contribution in [0.2, 0.25) is 5.02 Å². The lowest BCUT2D eigenvalue weighted by molar-refractivity contribution is -0.141. The average Bonchev–Trinajstić information content (AvgIpc) is 2.11. The van der Waals surface area contributed by atoms with Crippen LogP contribution in [-0.2, 0) is 10.9 Å². The second-order valence-electron chi connectivity index (χ2n) is 4.68. The number of hydrogen-bond donors (Lipinski definition) is 1. The molecule has 1 N–H and O–H groups in total. The Bertz CT molecular complexity index is 484. The molecule has 0 aliphatic rings. The number of anilines is 1. The minimum atomic E-state index is -4.64. The normalized spacial score (nSPS) is 12.2. The first-order valence-electron chi connectivity index (χ1n) is 5.22. The van der Waals surface area contributed by atoms with Gasteiger partial charge < -0.3 is 4.74 Å². The lowest BCUT2D eigenvalue weighted by atomic mass is 10.2. The summed E-state index contributed by atoms with van der Waals surface area (Å²) in [5.41, 5.74) is -1.96. The highest BCUT2D eigenvalue weighted by atomic mass is 35.5. The first-order chi connectivity index (χ1) is 8.47. The number of carbonyl (C=O) groups excluding carboxylic acids is 1. The van der Waals surface area contributed by atoms with Crippen LogP contribution in [0.4, 0.5) is 23.8 Å². The second kappa shape index (κ2) is 5.24. The van der Waals surface area contributed by atoms with Crippen LogP contribution in [0, 0.1) is 0 Å². The Kier molecular flexibility index (Phi) is 4.29. The van der Waals surface area contributed by atoms with E-state index < -0.39 is 23.6 Å². The molecular weight excluding hydrogens is 285 g/mol. The highest BCUT2D eigenvalue weighted by molar-refractivity contribution is 6.30. The number of rotatable bonds is 1. The van der Waals surface area contributed by atoms with Gasteiger partial charge in [-0.25, -0.2) is 9.78 Å². The van der Waals surface area contributed by atoms with Crippen LogP contribution in [0.5, 0.6) is 0 Å². The maximum absolute atomic E-state index is 12.5. The summed E-state index contributed by atoms with van der Waals surface area (Å²) in [5.74, 6) is -0.325. The fraction of sp³-hybridized carbons (Fsp3) is 0.455. The summed E-state index contributed by atoms with van der Waals surface area (Å²) in [7, 11) is 0. The Morgan fingerprint density at radius 3 is 2.37 bits per heavy atom. The van der Waals surface area contributed by atoms with Crippen LogP contribution < -0.4 is 5.32 Å². The lowest BCUT2D eigenvalue weighted by Crippen LogP contribution is -2.27. The number of aromatic nitrogens is 1. The quantitative estimate of drug-likeness (QED) is 0.849. The van der Waals surface area contributed by atoms with E-state index in [4.69, 9.17) is 16.3 Å². The van der Waals surface area contributed by atoms with Gasteiger partial charge in [-0.15, -0.1) is 0 Å². The van der Waals surface area contributed by atoms with Gasteiger partial charge in [-0.1, -0.05) is 11.6 Å². The number of alkyl halides is 3. The van der Waals surface area contributed by atoms with E-state index in [1.54, 1.807) is 20.8 Å². The average molecular weight is 297 g/mol. The van der Waals surface area contributed by atoms with Crippen molar-refractivity contribution in [2.75, 3.05) is 5.32 Å². The van der Waals surface area contributed by atoms with Crippen molar-refractivity contribution in [1.82, 2.24) is 4.98 Å². The predicted molar refractivity (Wildman–Crippen MR) is 64.1 cm³/mol. The van der Waals surface area contributed by atoms with Gasteiger partial charge >= 0.3 is 12.3 Å². The number of nitrogens with zero attached hydrogens (tertiary/aromatic N) is 1. The Morgan fingerprint density at radius 2 is 1.89 bits per heavy atom. The van der Waals surface area contributed by atoms with Gasteiger partial charge in [-0.3, -0.25) is 5.32 Å². The summed E-state index contributed by atoms with van der Waals surface area (Å²) in [6.45, 7) is 4.87. The van der Waals surface area contributed by atoms with Gasteiger partial charge in [0, 0.05) is 5.02 Å². The molecule has 0 spiro atoms. The zero-order chi connectivity index (χ0) is 14.8. The highest BCUT2D eigenvalue weighted by Gasteiger charge is 2.33. The van der Waals surface area contributed by atoms with Crippen molar-refractivity contribution in [3.63, 3.8) is 0 Å². The van der Waals surface area contributed by atoms with Crippen molar-refractivity contribution in [3.05, 3.63) is 22.8 Å². The Hall–Kier alpha value is -1.50. The van der Waals surface area contributed by atoms with E-state index in [9.17, 15) is 18.0 Å². The largest absolute Gasteiger partial charge is 0.444 e. The lowest BCUT2D eigenvalue weighted by Gasteiger charge is -2.19. The zero-order valence-electron chi connectivity index (χ0n) is 10.4. The van der Waals surface area contributed by atoms with Crippen molar-refractivity contribution in [3.8, 4) is 0 Å². The van der Waals surface area contributed by atoms with Crippen LogP contribution in [0.1, 0.15) is 26.5 Å². The van der Waals surface area contributed by atoms with Gasteiger partial charge in [0.1, 0.15) is 17.1 Å². The Balaban J connectivity index is 2.91. The summed E-state index contributed by atoms with van der Waals surface area (Å²) in [6, 6.07) is 1.77. The molecule has 0 aromatic carbocycles. The monoisotopic (exact) mass is 296 g/mol. The number of hydrogen-bond acceptors (Lipinski definition) is 3. The van der Waals surface area contributed by atoms with E-state index in [1.165, 1.54) is 0 Å². The Morgan fingerprint density at radius 1 is 1.32 bits per heavy atom. The molecule has 0 aliphatic carbocycles. The summed E-state index contributed by atoms with van der Waals surface area (Å²) >= 11 is 5.54. The van der Waals surface area contributed by atoms with Gasteiger partial charge in [0.2, 0.25) is 0 Å². The summed E-state index contributed by atoms with van der Waals surface area (Å²) < 4.78 is 42.4. The number of amides is 1. The summed E-state index contributed by atoms with van der Waals surface area (Å²) in [6.07, 6.45) is -5.55. The summed E-state index contributed by atoms with van der Waals surface area (Å²) in [4.78, 5) is 14.7. The van der Waals surface area contributed by atoms with Crippen molar-refractivity contribution in [1.29, 1.82) is 0 Å². The van der Waals surface area contributed by atoms with Crippen LogP contribution in [0.15, 0.2) is 12.1 Å². The van der Waals surface area contributed by atoms with E-state index in [1.807, 2.05) is 0 Å². The van der Waals surface area contributed by atoms with E-state index in [0.29, 0.717) is 6.07 Å². The molecule has 4 nitrogen and oxygen atoms in total. The molecule has 1 amide bonds. The number of ether oxygens (including phenoxy) is 1. The fourth-order valence-corrected chi connectivity index (χ4v) is 1.32. The van der Waals surface area contributed by atoms with E-state index in [-0.39, 0.29) is 10.8 Å². The number of nitrogens with one attached hydrogen (secondary N) is 1. The van der Waals surface area contributed by atoms with Crippen molar-refractivity contribution < 1.29 is 22.7 Å². The third kappa shape index (κ3) is 5.34. The Labute approximate surface area is 112 Å². The van der Waals surface area contributed by atoms with Gasteiger partial charge in [0.15, 0.2) is 0 Å². The fourth-order valence-electron chi connectivity index (χ4n) is 1.11. The van der Waals surface area contributed by atoms with E-state index in [0.717, 1.165) is 6.07 Å². The molecule has 1 rings (SSSR count). The molecule has 0 bridgehead atoms. The van der Waals surface area contributed by atoms with Crippen molar-refractivity contribution in [2.45, 2.75) is 32.5 Å². The zero-order valence-corrected chi connectivity index (χ0v) is 11.2. The summed E-state index contributed by atoms with van der Waals surface area (Å²) in [5, 5.41) is 1.91. The van der Waals surface area contributed by atoms with Gasteiger partial charge in [0.25, 0.3) is 0 Å². The number of pyridine rings is 1. The minimum Gasteiger partial charge on any atom is -0.444 e. The van der Waals surface area contributed by atoms with Gasteiger partial charge in [-0.05, 0) is 32.9 Å². The maximum Gasteiger partial charge on any atom is 0.433 e. The first kappa shape index (κ1) is 15.6. The first-order valence-corrected chi connectivity index (χ1v) is 5.60. The predicted octanol–water partition coefficient (Wildman–Crippen LogP) is 4.10. The third-order valence-corrected chi connectivity index (χ3v) is 1.93. The third-order valence-electron chi connectivity index (χ3n) is 1.71. The second-order valence-corrected chi connectivity index (χ2v) is 5.12. The molecule has 0 saturated heterocycles. The molecule has 19 heavy (non-hydrogen) atoms. The van der Waals surface area contributed by atoms with Crippen LogP contribution in [-0.4, -0.2) is 16.7 Å². The molecule has 8 heteroatoms. The van der Waals surface area contributed by atoms with Crippen LogP contribution >= 0.6 is 11.6 Å². The number of carbonyl (C=O) groups is 1. The molecule has 0 unspecified atom stereocenters. The molecular formula is C11H12ClF3N2O2. The molecule has 0 aliphatic heterocycles. The van der Waals surface area contributed by atoms with Gasteiger partial charge in [-0.2, -0.15) is 13.2 Å². The standard InChI is InChI=1S/C11H12ClF3N2O2/c1-10(2,3)19-9(18)17-8-5-6(12)4-7(16-8)11(13,14)15/h4-5H,1-3H3,(H,16,17,18). The van der Waals surface area contributed by atoms with Gasteiger partial charge in [0.05, 0.1) is 0 Å². The molecule has 1 aromatic heterocycles. The molecule has 1 heterocycles. The number of halogens is 4. The molecule has 1 aromatic rings. The molecule has 0 atom stereocenters. The van der Waals surface area contributed by atoms with Crippen molar-refractivity contribution >= 4 is 23.5 Å². The smallest absolute Gasteiger partial charge is 0.433 e. The van der Waals surface area contributed by atoms with E-state index >= 15 is 0 Å². The molecule has 0 radical (unpaired) electrons. The SMILES string of the molecule is CC(C)(C)OC(=O)Nc1cc(Cl)cc(C(F)(F)F)n1. The molecule has 0 fully saturated rings. The van der Waals surface area contributed by atoms with Crippen molar-refractivity contribution in [2.24, 2.45) is 0 Å². The van der Waals surface area contributed by atoms with Crippen LogP contribution in [0.3, 0.4) is 0 Å². The molecule has 0 saturated carbocycles. The maximum atomic E-state index is 12.5. The van der Waals surface area contributed by atoms with Crippen LogP contribution in [0.25, 0.3) is 0 Å². The minimum absolute atomic E-state index is 0.187. The molecule has 106 valence electrons. The highest BCUT2D eigenvalue weighted by Crippen LogP contribution is 2.30. The van der Waals surface area contributed by atoms with E-state index in [2.05, 4.69) is 10.3 Å².